The highest BCUT2D eigenvalue weighted by Crippen LogP contribution is 2.07. The van der Waals surface area contributed by atoms with Crippen molar-refractivity contribution in [1.82, 2.24) is 5.32 Å². The van der Waals surface area contributed by atoms with Crippen LogP contribution in [0, 0.1) is 0 Å². The van der Waals surface area contributed by atoms with Crippen molar-refractivity contribution in [3.63, 3.8) is 0 Å². The molecule has 0 fully saturated rings. The number of amides is 1. The van der Waals surface area contributed by atoms with E-state index in [0.29, 0.717) is 6.42 Å². The number of hydrogen-bond donors (Lipinski definition) is 3. The Hall–Kier alpha value is -1.26. The van der Waals surface area contributed by atoms with E-state index in [1.54, 1.807) is 0 Å². The second kappa shape index (κ2) is 6.35. The number of carboxylic acid groups (broad SMARTS) is 1. The van der Waals surface area contributed by atoms with Crippen LogP contribution >= 0.6 is 11.6 Å². The predicted molar refractivity (Wildman–Crippen MR) is 61.8 cm³/mol. The smallest absolute Gasteiger partial charge is 0.404 e. The number of aliphatic hydroxyl groups is 1. The zero-order chi connectivity index (χ0) is 12.0. The van der Waals surface area contributed by atoms with E-state index >= 15 is 0 Å². The largest absolute Gasteiger partial charge is 0.465 e. The van der Waals surface area contributed by atoms with Gasteiger partial charge in [-0.1, -0.05) is 30.3 Å². The standard InChI is InChI=1S/C11H14ClNO3/c12-7-10(14)9(13-11(15)16)6-8-4-2-1-3-5-8/h1-5,9-10,13-14H,6-7H2,(H,15,16)/t9-,10-/m0/s1. The molecule has 88 valence electrons. The van der Waals surface area contributed by atoms with Gasteiger partial charge in [0.25, 0.3) is 0 Å². The number of halogens is 1. The summed E-state index contributed by atoms with van der Waals surface area (Å²) >= 11 is 5.51. The summed E-state index contributed by atoms with van der Waals surface area (Å²) in [6, 6.07) is 8.76. The Kier molecular flexibility index (Phi) is 5.08. The van der Waals surface area contributed by atoms with Crippen LogP contribution in [0.4, 0.5) is 4.79 Å². The maximum atomic E-state index is 10.6. The quantitative estimate of drug-likeness (QED) is 0.686. The average molecular weight is 244 g/mol. The molecule has 0 bridgehead atoms. The first kappa shape index (κ1) is 12.8. The molecule has 4 nitrogen and oxygen atoms in total. The van der Waals surface area contributed by atoms with Crippen molar-refractivity contribution in [3.05, 3.63) is 35.9 Å². The number of alkyl halides is 1. The first-order valence-corrected chi connectivity index (χ1v) is 5.44. The molecule has 0 aliphatic carbocycles. The summed E-state index contributed by atoms with van der Waals surface area (Å²) in [6.07, 6.45) is -1.64. The van der Waals surface area contributed by atoms with Crippen molar-refractivity contribution in [3.8, 4) is 0 Å². The minimum absolute atomic E-state index is 0.00220. The van der Waals surface area contributed by atoms with E-state index in [0.717, 1.165) is 5.56 Å². The molecule has 0 spiro atoms. The van der Waals surface area contributed by atoms with Gasteiger partial charge in [-0.05, 0) is 12.0 Å². The van der Waals surface area contributed by atoms with Gasteiger partial charge < -0.3 is 15.5 Å². The fourth-order valence-corrected chi connectivity index (χ4v) is 1.63. The molecule has 16 heavy (non-hydrogen) atoms. The van der Waals surface area contributed by atoms with E-state index in [9.17, 15) is 9.90 Å². The number of rotatable bonds is 5. The molecule has 1 rings (SSSR count). The molecule has 0 aromatic heterocycles. The van der Waals surface area contributed by atoms with Crippen LogP contribution in [0.3, 0.4) is 0 Å². The molecule has 1 amide bonds. The van der Waals surface area contributed by atoms with Gasteiger partial charge in [-0.15, -0.1) is 11.6 Å². The van der Waals surface area contributed by atoms with Crippen LogP contribution in [0.25, 0.3) is 0 Å². The van der Waals surface area contributed by atoms with Crippen LogP contribution in [0.5, 0.6) is 0 Å². The second-order valence-corrected chi connectivity index (χ2v) is 3.78. The summed E-state index contributed by atoms with van der Waals surface area (Å²) in [4.78, 5) is 10.6. The Morgan fingerprint density at radius 3 is 2.50 bits per heavy atom. The average Bonchev–Trinajstić information content (AvgIpc) is 2.28. The molecule has 0 unspecified atom stereocenters. The summed E-state index contributed by atoms with van der Waals surface area (Å²) in [7, 11) is 0. The molecule has 0 aliphatic rings. The normalized spacial score (nSPS) is 14.1. The van der Waals surface area contributed by atoms with Gasteiger partial charge in [-0.2, -0.15) is 0 Å². The fourth-order valence-electron chi connectivity index (χ4n) is 1.42. The number of nitrogens with one attached hydrogen (secondary N) is 1. The van der Waals surface area contributed by atoms with E-state index in [4.69, 9.17) is 16.7 Å². The Morgan fingerprint density at radius 2 is 2.00 bits per heavy atom. The van der Waals surface area contributed by atoms with Gasteiger partial charge in [0.2, 0.25) is 0 Å². The Labute approximate surface area is 98.9 Å². The number of hydrogen-bond acceptors (Lipinski definition) is 2. The molecule has 1 aromatic carbocycles. The minimum atomic E-state index is -1.16. The third kappa shape index (κ3) is 4.08. The van der Waals surface area contributed by atoms with Crippen molar-refractivity contribution in [2.24, 2.45) is 0 Å². The van der Waals surface area contributed by atoms with E-state index in [1.807, 2.05) is 30.3 Å². The van der Waals surface area contributed by atoms with Crippen molar-refractivity contribution < 1.29 is 15.0 Å². The Balaban J connectivity index is 2.67. The minimum Gasteiger partial charge on any atom is -0.465 e. The number of carbonyl (C=O) groups is 1. The second-order valence-electron chi connectivity index (χ2n) is 3.47. The molecule has 0 saturated heterocycles. The van der Waals surface area contributed by atoms with Gasteiger partial charge in [-0.25, -0.2) is 4.79 Å². The van der Waals surface area contributed by atoms with E-state index in [2.05, 4.69) is 5.32 Å². The van der Waals surface area contributed by atoms with E-state index < -0.39 is 18.2 Å². The Morgan fingerprint density at radius 1 is 1.38 bits per heavy atom. The summed E-state index contributed by atoms with van der Waals surface area (Å²) in [5.41, 5.74) is 0.949. The summed E-state index contributed by atoms with van der Waals surface area (Å²) in [6.45, 7) is 0. The summed E-state index contributed by atoms with van der Waals surface area (Å²) < 4.78 is 0. The van der Waals surface area contributed by atoms with Crippen molar-refractivity contribution in [2.45, 2.75) is 18.6 Å². The van der Waals surface area contributed by atoms with Crippen LogP contribution in [0.2, 0.25) is 0 Å². The molecule has 5 heteroatoms. The van der Waals surface area contributed by atoms with Crippen molar-refractivity contribution in [1.29, 1.82) is 0 Å². The highest BCUT2D eigenvalue weighted by Gasteiger charge is 2.20. The maximum Gasteiger partial charge on any atom is 0.404 e. The molecule has 0 aliphatic heterocycles. The van der Waals surface area contributed by atoms with Gasteiger partial charge in [0.1, 0.15) is 0 Å². The monoisotopic (exact) mass is 243 g/mol. The van der Waals surface area contributed by atoms with Crippen LogP contribution in [0.1, 0.15) is 5.56 Å². The third-order valence-corrected chi connectivity index (χ3v) is 2.55. The molecule has 2 atom stereocenters. The topological polar surface area (TPSA) is 69.6 Å². The Bertz CT molecular complexity index is 331. The summed E-state index contributed by atoms with van der Waals surface area (Å²) in [5, 5.41) is 20.5. The zero-order valence-electron chi connectivity index (χ0n) is 8.64. The molecule has 3 N–H and O–H groups in total. The van der Waals surface area contributed by atoms with Gasteiger partial charge in [0.05, 0.1) is 18.0 Å². The molecule has 1 aromatic rings. The lowest BCUT2D eigenvalue weighted by Crippen LogP contribution is -2.45. The lowest BCUT2D eigenvalue weighted by Gasteiger charge is -2.21. The first-order chi connectivity index (χ1) is 7.63. The first-order valence-electron chi connectivity index (χ1n) is 4.91. The van der Waals surface area contributed by atoms with Crippen LogP contribution in [-0.4, -0.2) is 34.3 Å². The van der Waals surface area contributed by atoms with Gasteiger partial charge in [0.15, 0.2) is 0 Å². The molecule has 0 saturated carbocycles. The molecule has 0 heterocycles. The fraction of sp³-hybridized carbons (Fsp3) is 0.364. The SMILES string of the molecule is O=C(O)N[C@@H](Cc1ccccc1)[C@@H](O)CCl. The molecular formula is C11H14ClNO3. The van der Waals surface area contributed by atoms with Gasteiger partial charge in [-0.3, -0.25) is 0 Å². The predicted octanol–water partition coefficient (Wildman–Crippen LogP) is 1.46. The lowest BCUT2D eigenvalue weighted by atomic mass is 10.0. The third-order valence-electron chi connectivity index (χ3n) is 2.23. The summed E-state index contributed by atoms with van der Waals surface area (Å²) in [5.74, 6) is -0.00220. The zero-order valence-corrected chi connectivity index (χ0v) is 9.39. The number of aliphatic hydroxyl groups excluding tert-OH is 1. The highest BCUT2D eigenvalue weighted by atomic mass is 35.5. The number of benzene rings is 1. The van der Waals surface area contributed by atoms with Crippen LogP contribution in [0.15, 0.2) is 30.3 Å². The maximum absolute atomic E-state index is 10.6. The van der Waals surface area contributed by atoms with Crippen molar-refractivity contribution in [2.75, 3.05) is 5.88 Å². The van der Waals surface area contributed by atoms with E-state index in [-0.39, 0.29) is 5.88 Å². The van der Waals surface area contributed by atoms with Gasteiger partial charge >= 0.3 is 6.09 Å². The molecule has 0 radical (unpaired) electrons. The lowest BCUT2D eigenvalue weighted by molar-refractivity contribution is 0.135. The highest BCUT2D eigenvalue weighted by molar-refractivity contribution is 6.18. The molecular weight excluding hydrogens is 230 g/mol. The van der Waals surface area contributed by atoms with Crippen LogP contribution < -0.4 is 5.32 Å². The van der Waals surface area contributed by atoms with E-state index in [1.165, 1.54) is 0 Å². The van der Waals surface area contributed by atoms with Crippen LogP contribution in [-0.2, 0) is 6.42 Å². The van der Waals surface area contributed by atoms with Gasteiger partial charge in [0, 0.05) is 0 Å². The van der Waals surface area contributed by atoms with Crippen molar-refractivity contribution >= 4 is 17.7 Å².